The molecule has 7 heteroatoms. The molecule has 0 fully saturated rings. The Hall–Kier alpha value is -4.29. The molecule has 5 aromatic rings. The lowest BCUT2D eigenvalue weighted by atomic mass is 10.1. The Labute approximate surface area is 203 Å². The Morgan fingerprint density at radius 2 is 1.50 bits per heavy atom. The predicted octanol–water partition coefficient (Wildman–Crippen LogP) is 6.09. The van der Waals surface area contributed by atoms with Crippen LogP contribution in [0.1, 0.15) is 28.2 Å². The Balaban J connectivity index is 0.00000274. The van der Waals surface area contributed by atoms with Crippen LogP contribution in [-0.4, -0.2) is 25.6 Å². The van der Waals surface area contributed by atoms with Crippen molar-refractivity contribution < 1.29 is 4.74 Å². The fraction of sp³-hybridized carbons (Fsp3) is 0.0370. The minimum Gasteiger partial charge on any atom is -0.487 e. The normalized spacial score (nSPS) is 11.2. The van der Waals surface area contributed by atoms with Gasteiger partial charge in [0.15, 0.2) is 5.82 Å². The third-order valence-corrected chi connectivity index (χ3v) is 5.10. The van der Waals surface area contributed by atoms with Crippen LogP contribution in [0.25, 0.3) is 35.2 Å². The summed E-state index contributed by atoms with van der Waals surface area (Å²) in [6, 6.07) is 28.5. The molecule has 0 aliphatic carbocycles. The summed E-state index contributed by atoms with van der Waals surface area (Å²) in [4.78, 5) is 4.67. The van der Waals surface area contributed by atoms with Crippen LogP contribution in [0.15, 0.2) is 84.9 Å². The van der Waals surface area contributed by atoms with Gasteiger partial charge in [-0.05, 0) is 57.5 Å². The summed E-state index contributed by atoms with van der Waals surface area (Å²) in [7, 11) is 0. The first-order valence-electron chi connectivity index (χ1n) is 10.6. The molecule has 0 saturated carbocycles. The van der Waals surface area contributed by atoms with Gasteiger partial charge in [-0.15, -0.1) is 17.5 Å². The van der Waals surface area contributed by atoms with E-state index in [0.29, 0.717) is 12.4 Å². The summed E-state index contributed by atoms with van der Waals surface area (Å²) in [6.07, 6.45) is 7.95. The monoisotopic (exact) mass is 467 g/mol. The van der Waals surface area contributed by atoms with Gasteiger partial charge in [-0.25, -0.2) is 10.1 Å². The fourth-order valence-electron chi connectivity index (χ4n) is 3.38. The van der Waals surface area contributed by atoms with E-state index in [2.05, 4.69) is 80.2 Å². The second kappa shape index (κ2) is 11.0. The number of nitrogens with zero attached hydrogens (tertiary/aromatic N) is 4. The van der Waals surface area contributed by atoms with E-state index in [1.807, 2.05) is 54.6 Å². The SMILES string of the molecule is C(=C\c1cccc(OCc2ccc3ccccc3n2)c1)/c1ccc(/C=C/c2nnn[nH]2)cc1.Cl. The Bertz CT molecular complexity index is 1410. The topological polar surface area (TPSA) is 76.6 Å². The molecule has 2 heterocycles. The second-order valence-corrected chi connectivity index (χ2v) is 7.48. The van der Waals surface area contributed by atoms with Crippen molar-refractivity contribution in [2.45, 2.75) is 6.61 Å². The van der Waals surface area contributed by atoms with Gasteiger partial charge in [-0.1, -0.05) is 78.9 Å². The summed E-state index contributed by atoms with van der Waals surface area (Å²) in [5.74, 6) is 1.44. The van der Waals surface area contributed by atoms with Crippen molar-refractivity contribution in [2.75, 3.05) is 0 Å². The van der Waals surface area contributed by atoms with Crippen LogP contribution in [-0.2, 0) is 6.61 Å². The van der Waals surface area contributed by atoms with Crippen LogP contribution in [0.5, 0.6) is 5.75 Å². The van der Waals surface area contributed by atoms with Crippen LogP contribution in [0.2, 0.25) is 0 Å². The van der Waals surface area contributed by atoms with Crippen molar-refractivity contribution in [3.8, 4) is 5.75 Å². The smallest absolute Gasteiger partial charge is 0.172 e. The molecule has 2 aromatic heterocycles. The third-order valence-electron chi connectivity index (χ3n) is 5.10. The number of hydrogen-bond donors (Lipinski definition) is 1. The first kappa shape index (κ1) is 22.9. The van der Waals surface area contributed by atoms with Gasteiger partial charge >= 0.3 is 0 Å². The standard InChI is InChI=1S/C27H21N5O.ClH/c1-2-7-26-23(5-1)15-16-24(28-26)19-33-25-6-3-4-22(18-25)13-12-20-8-10-21(11-9-20)14-17-27-29-31-32-30-27;/h1-18H,19H2,(H,29,30,31,32);1H/b13-12+,17-14+;. The number of tetrazole rings is 1. The lowest BCUT2D eigenvalue weighted by molar-refractivity contribution is 0.302. The molecule has 0 bridgehead atoms. The van der Waals surface area contributed by atoms with Crippen molar-refractivity contribution in [2.24, 2.45) is 0 Å². The molecule has 3 aromatic carbocycles. The molecule has 6 nitrogen and oxygen atoms in total. The molecule has 5 rings (SSSR count). The van der Waals surface area contributed by atoms with Crippen molar-refractivity contribution >= 4 is 47.6 Å². The summed E-state index contributed by atoms with van der Waals surface area (Å²) >= 11 is 0. The quantitative estimate of drug-likeness (QED) is 0.293. The number of H-pyrrole nitrogens is 1. The van der Waals surface area contributed by atoms with Gasteiger partial charge in [0.2, 0.25) is 0 Å². The molecule has 1 N–H and O–H groups in total. The van der Waals surface area contributed by atoms with E-state index in [0.717, 1.165) is 39.0 Å². The highest BCUT2D eigenvalue weighted by atomic mass is 35.5. The number of aromatic nitrogens is 5. The van der Waals surface area contributed by atoms with Gasteiger partial charge < -0.3 is 4.74 Å². The maximum absolute atomic E-state index is 5.99. The van der Waals surface area contributed by atoms with E-state index in [4.69, 9.17) is 4.74 Å². The first-order valence-corrected chi connectivity index (χ1v) is 10.6. The third kappa shape index (κ3) is 5.94. The average Bonchev–Trinajstić information content (AvgIpc) is 3.40. The van der Waals surface area contributed by atoms with E-state index in [1.54, 1.807) is 0 Å². The molecule has 168 valence electrons. The number of benzene rings is 3. The van der Waals surface area contributed by atoms with Crippen LogP contribution in [0.3, 0.4) is 0 Å². The van der Waals surface area contributed by atoms with Gasteiger partial charge in [0.05, 0.1) is 11.2 Å². The number of pyridine rings is 1. The Kier molecular flexibility index (Phi) is 7.42. The summed E-state index contributed by atoms with van der Waals surface area (Å²) in [5.41, 5.74) is 5.14. The number of halogens is 1. The number of nitrogens with one attached hydrogen (secondary N) is 1. The van der Waals surface area contributed by atoms with E-state index in [1.165, 1.54) is 0 Å². The van der Waals surface area contributed by atoms with E-state index < -0.39 is 0 Å². The van der Waals surface area contributed by atoms with Gasteiger partial charge in [0, 0.05) is 5.39 Å². The molecular weight excluding hydrogens is 446 g/mol. The molecule has 0 radical (unpaired) electrons. The number of rotatable bonds is 7. The molecule has 0 aliphatic heterocycles. The Morgan fingerprint density at radius 3 is 2.29 bits per heavy atom. The molecule has 0 amide bonds. The zero-order valence-electron chi connectivity index (χ0n) is 18.2. The lowest BCUT2D eigenvalue weighted by Gasteiger charge is -2.07. The van der Waals surface area contributed by atoms with E-state index in [-0.39, 0.29) is 12.4 Å². The van der Waals surface area contributed by atoms with Crippen molar-refractivity contribution in [1.29, 1.82) is 0 Å². The number of fused-ring (bicyclic) bond motifs is 1. The van der Waals surface area contributed by atoms with Crippen LogP contribution >= 0.6 is 12.4 Å². The van der Waals surface area contributed by atoms with Gasteiger partial charge in [-0.2, -0.15) is 0 Å². The van der Waals surface area contributed by atoms with E-state index in [9.17, 15) is 0 Å². The zero-order chi connectivity index (χ0) is 22.3. The molecule has 0 atom stereocenters. The average molecular weight is 468 g/mol. The lowest BCUT2D eigenvalue weighted by Crippen LogP contribution is -1.98. The van der Waals surface area contributed by atoms with Crippen molar-refractivity contribution in [3.63, 3.8) is 0 Å². The number of ether oxygens (including phenoxy) is 1. The molecular formula is C27H22ClN5O. The summed E-state index contributed by atoms with van der Waals surface area (Å²) in [6.45, 7) is 0.428. The van der Waals surface area contributed by atoms with Crippen molar-refractivity contribution in [3.05, 3.63) is 113 Å². The molecule has 0 spiro atoms. The summed E-state index contributed by atoms with van der Waals surface area (Å²) in [5, 5.41) is 14.8. The van der Waals surface area contributed by atoms with Crippen LogP contribution in [0, 0.1) is 0 Å². The van der Waals surface area contributed by atoms with Crippen LogP contribution < -0.4 is 4.74 Å². The van der Waals surface area contributed by atoms with E-state index >= 15 is 0 Å². The minimum atomic E-state index is 0. The predicted molar refractivity (Wildman–Crippen MR) is 138 cm³/mol. The molecule has 0 unspecified atom stereocenters. The first-order chi connectivity index (χ1) is 16.3. The van der Waals surface area contributed by atoms with Crippen LogP contribution in [0.4, 0.5) is 0 Å². The maximum Gasteiger partial charge on any atom is 0.172 e. The highest BCUT2D eigenvalue weighted by molar-refractivity contribution is 5.85. The second-order valence-electron chi connectivity index (χ2n) is 7.48. The summed E-state index contributed by atoms with van der Waals surface area (Å²) < 4.78 is 5.99. The minimum absolute atomic E-state index is 0. The maximum atomic E-state index is 5.99. The largest absolute Gasteiger partial charge is 0.487 e. The zero-order valence-corrected chi connectivity index (χ0v) is 19.0. The fourth-order valence-corrected chi connectivity index (χ4v) is 3.38. The van der Waals surface area contributed by atoms with Gasteiger partial charge in [0.25, 0.3) is 0 Å². The van der Waals surface area contributed by atoms with Crippen molar-refractivity contribution in [1.82, 2.24) is 25.6 Å². The highest BCUT2D eigenvalue weighted by Crippen LogP contribution is 2.19. The Morgan fingerprint density at radius 1 is 0.735 bits per heavy atom. The molecule has 0 saturated heterocycles. The number of hydrogen-bond acceptors (Lipinski definition) is 5. The van der Waals surface area contributed by atoms with Gasteiger partial charge in [0.1, 0.15) is 12.4 Å². The number of para-hydroxylation sites is 1. The van der Waals surface area contributed by atoms with Gasteiger partial charge in [-0.3, -0.25) is 0 Å². The number of aromatic amines is 1. The highest BCUT2D eigenvalue weighted by Gasteiger charge is 2.01. The molecule has 34 heavy (non-hydrogen) atoms. The molecule has 0 aliphatic rings.